The number of aromatic nitrogens is 4. The number of rotatable bonds is 5. The van der Waals surface area contributed by atoms with Crippen LogP contribution in [-0.2, 0) is 6.54 Å². The van der Waals surface area contributed by atoms with Crippen molar-refractivity contribution in [3.05, 3.63) is 74.4 Å². The van der Waals surface area contributed by atoms with Gasteiger partial charge in [-0.05, 0) is 50.5 Å². The molecule has 2 aliphatic rings. The number of nitrogens with zero attached hydrogens (tertiary/aromatic N) is 5. The van der Waals surface area contributed by atoms with Crippen LogP contribution < -0.4 is 5.56 Å². The lowest BCUT2D eigenvalue weighted by Gasteiger charge is -2.34. The minimum Gasteiger partial charge on any atom is -0.335 e. The highest BCUT2D eigenvalue weighted by Crippen LogP contribution is 2.40. The number of aryl methyl sites for hydroxylation is 2. The number of nitrogens with one attached hydrogen (secondary N) is 1. The molecule has 0 bridgehead atoms. The second-order valence-electron chi connectivity index (χ2n) is 9.52. The second kappa shape index (κ2) is 8.73. The van der Waals surface area contributed by atoms with Crippen molar-refractivity contribution >= 4 is 27.5 Å². The third-order valence-electron chi connectivity index (χ3n) is 7.06. The summed E-state index contributed by atoms with van der Waals surface area (Å²) in [4.78, 5) is 39.9. The second-order valence-corrected chi connectivity index (χ2v) is 10.7. The topological polar surface area (TPSA) is 87.1 Å². The molecule has 0 atom stereocenters. The molecule has 9 heteroatoms. The van der Waals surface area contributed by atoms with Gasteiger partial charge in [-0.25, -0.2) is 9.67 Å². The summed E-state index contributed by atoms with van der Waals surface area (Å²) in [5, 5.41) is 5.49. The molecular formula is C26H28N6O2S. The molecule has 1 aliphatic carbocycles. The van der Waals surface area contributed by atoms with Gasteiger partial charge in [0.05, 0.1) is 23.3 Å². The van der Waals surface area contributed by atoms with Crippen LogP contribution in [0.4, 0.5) is 0 Å². The normalized spacial score (nSPS) is 16.8. The van der Waals surface area contributed by atoms with E-state index in [1.807, 2.05) is 55.1 Å². The Hall–Kier alpha value is -3.30. The molecule has 0 unspecified atom stereocenters. The van der Waals surface area contributed by atoms with E-state index in [-0.39, 0.29) is 11.5 Å². The van der Waals surface area contributed by atoms with Crippen LogP contribution >= 0.6 is 11.3 Å². The number of aromatic amines is 1. The number of hydrogen-bond acceptors (Lipinski definition) is 6. The van der Waals surface area contributed by atoms with Crippen LogP contribution in [0.5, 0.6) is 0 Å². The highest BCUT2D eigenvalue weighted by molar-refractivity contribution is 7.18. The lowest BCUT2D eigenvalue weighted by molar-refractivity contribution is 0.0616. The van der Waals surface area contributed by atoms with Crippen molar-refractivity contribution in [3.63, 3.8) is 0 Å². The first-order valence-electron chi connectivity index (χ1n) is 12.1. The largest absolute Gasteiger partial charge is 0.335 e. The van der Waals surface area contributed by atoms with E-state index < -0.39 is 0 Å². The van der Waals surface area contributed by atoms with E-state index in [1.165, 1.54) is 0 Å². The third-order valence-corrected chi connectivity index (χ3v) is 8.17. The Morgan fingerprint density at radius 3 is 2.57 bits per heavy atom. The lowest BCUT2D eigenvalue weighted by Crippen LogP contribution is -2.48. The predicted molar refractivity (Wildman–Crippen MR) is 136 cm³/mol. The average molecular weight is 489 g/mol. The van der Waals surface area contributed by atoms with Gasteiger partial charge in [0.15, 0.2) is 0 Å². The van der Waals surface area contributed by atoms with Crippen molar-refractivity contribution in [3.8, 4) is 5.69 Å². The van der Waals surface area contributed by atoms with E-state index in [0.717, 1.165) is 52.6 Å². The van der Waals surface area contributed by atoms with Crippen molar-refractivity contribution in [1.82, 2.24) is 29.5 Å². The van der Waals surface area contributed by atoms with Gasteiger partial charge in [0.2, 0.25) is 0 Å². The highest BCUT2D eigenvalue weighted by Gasteiger charge is 2.31. The zero-order valence-corrected chi connectivity index (χ0v) is 20.8. The van der Waals surface area contributed by atoms with Gasteiger partial charge < -0.3 is 9.88 Å². The summed E-state index contributed by atoms with van der Waals surface area (Å²) in [6.07, 6.45) is 2.29. The Kier molecular flexibility index (Phi) is 5.53. The number of amides is 1. The summed E-state index contributed by atoms with van der Waals surface area (Å²) >= 11 is 1.57. The Labute approximate surface area is 207 Å². The monoisotopic (exact) mass is 488 g/mol. The van der Waals surface area contributed by atoms with Crippen LogP contribution in [0.25, 0.3) is 15.9 Å². The zero-order chi connectivity index (χ0) is 24.1. The average Bonchev–Trinajstić information content (AvgIpc) is 3.55. The van der Waals surface area contributed by atoms with Gasteiger partial charge in [-0.1, -0.05) is 18.2 Å². The molecule has 3 aromatic heterocycles. The first-order chi connectivity index (χ1) is 17.0. The number of hydrogen-bond donors (Lipinski definition) is 1. The number of piperazine rings is 1. The van der Waals surface area contributed by atoms with Crippen LogP contribution in [-0.4, -0.2) is 61.6 Å². The van der Waals surface area contributed by atoms with Gasteiger partial charge >= 0.3 is 0 Å². The van der Waals surface area contributed by atoms with Gasteiger partial charge in [-0.2, -0.15) is 5.10 Å². The molecule has 2 fully saturated rings. The van der Waals surface area contributed by atoms with Crippen LogP contribution in [0, 0.1) is 13.8 Å². The standard InChI is InChI=1S/C26H28N6O2S/c1-16-17(2)35-25-23(16)24(33)27-22(28-25)15-30-10-12-31(13-11-30)26(34)21-14-20(18-8-9-18)29-32(21)19-6-4-3-5-7-19/h3-7,14,18H,8-13,15H2,1-2H3,(H,27,28,33). The van der Waals surface area contributed by atoms with E-state index in [4.69, 9.17) is 10.1 Å². The SMILES string of the molecule is Cc1sc2nc(CN3CCN(C(=O)c4cc(C5CC5)nn4-c4ccccc4)CC3)[nH]c(=O)c2c1C. The summed E-state index contributed by atoms with van der Waals surface area (Å²) in [5.74, 6) is 1.18. The minimum absolute atomic E-state index is 0.0189. The molecule has 0 radical (unpaired) electrons. The summed E-state index contributed by atoms with van der Waals surface area (Å²) in [6, 6.07) is 11.9. The van der Waals surface area contributed by atoms with Crippen LogP contribution in [0.15, 0.2) is 41.2 Å². The predicted octanol–water partition coefficient (Wildman–Crippen LogP) is 3.62. The molecule has 1 saturated carbocycles. The molecule has 6 rings (SSSR count). The number of H-pyrrole nitrogens is 1. The summed E-state index contributed by atoms with van der Waals surface area (Å²) in [5.41, 5.74) is 3.50. The van der Waals surface area contributed by atoms with Crippen molar-refractivity contribution < 1.29 is 4.79 Å². The number of benzene rings is 1. The number of thiophene rings is 1. The molecule has 1 amide bonds. The molecule has 4 aromatic rings. The molecule has 1 aliphatic heterocycles. The fourth-order valence-corrected chi connectivity index (χ4v) is 5.80. The number of carbonyl (C=O) groups excluding carboxylic acids is 1. The smallest absolute Gasteiger partial charge is 0.272 e. The Morgan fingerprint density at radius 1 is 1.11 bits per heavy atom. The van der Waals surface area contributed by atoms with Gasteiger partial charge in [0, 0.05) is 37.0 Å². The molecule has 4 heterocycles. The Balaban J connectivity index is 1.17. The maximum atomic E-state index is 13.5. The first kappa shape index (κ1) is 22.2. The molecule has 0 spiro atoms. The van der Waals surface area contributed by atoms with Crippen molar-refractivity contribution in [2.45, 2.75) is 39.2 Å². The molecule has 1 saturated heterocycles. The van der Waals surface area contributed by atoms with Gasteiger partial charge in [-0.15, -0.1) is 11.3 Å². The molecule has 1 aromatic carbocycles. The fourth-order valence-electron chi connectivity index (χ4n) is 4.75. The fraction of sp³-hybridized carbons (Fsp3) is 0.385. The van der Waals surface area contributed by atoms with Crippen LogP contribution in [0.3, 0.4) is 0 Å². The Bertz CT molecular complexity index is 1460. The molecule has 180 valence electrons. The summed E-state index contributed by atoms with van der Waals surface area (Å²) in [6.45, 7) is 7.27. The van der Waals surface area contributed by atoms with E-state index >= 15 is 0 Å². The molecule has 1 N–H and O–H groups in total. The van der Waals surface area contributed by atoms with Crippen LogP contribution in [0.2, 0.25) is 0 Å². The van der Waals surface area contributed by atoms with Crippen LogP contribution in [0.1, 0.15) is 51.2 Å². The van der Waals surface area contributed by atoms with E-state index in [0.29, 0.717) is 42.5 Å². The maximum Gasteiger partial charge on any atom is 0.272 e. The van der Waals surface area contributed by atoms with Gasteiger partial charge in [-0.3, -0.25) is 14.5 Å². The third kappa shape index (κ3) is 4.19. The Morgan fingerprint density at radius 2 is 1.86 bits per heavy atom. The van der Waals surface area contributed by atoms with Crippen molar-refractivity contribution in [2.75, 3.05) is 26.2 Å². The highest BCUT2D eigenvalue weighted by atomic mass is 32.1. The first-order valence-corrected chi connectivity index (χ1v) is 13.0. The quantitative estimate of drug-likeness (QED) is 0.464. The van der Waals surface area contributed by atoms with Gasteiger partial charge in [0.25, 0.3) is 11.5 Å². The van der Waals surface area contributed by atoms with E-state index in [9.17, 15) is 9.59 Å². The lowest BCUT2D eigenvalue weighted by atomic mass is 10.2. The minimum atomic E-state index is -0.0682. The number of fused-ring (bicyclic) bond motifs is 1. The zero-order valence-electron chi connectivity index (χ0n) is 20.0. The summed E-state index contributed by atoms with van der Waals surface area (Å²) < 4.78 is 1.80. The van der Waals surface area contributed by atoms with E-state index in [2.05, 4.69) is 9.88 Å². The van der Waals surface area contributed by atoms with Crippen molar-refractivity contribution in [1.29, 1.82) is 0 Å². The maximum absolute atomic E-state index is 13.5. The molecule has 8 nitrogen and oxygen atoms in total. The van der Waals surface area contributed by atoms with Crippen molar-refractivity contribution in [2.24, 2.45) is 0 Å². The number of carbonyl (C=O) groups is 1. The molecule has 35 heavy (non-hydrogen) atoms. The van der Waals surface area contributed by atoms with E-state index in [1.54, 1.807) is 16.0 Å². The van der Waals surface area contributed by atoms with Gasteiger partial charge in [0.1, 0.15) is 16.3 Å². The number of para-hydroxylation sites is 1. The summed E-state index contributed by atoms with van der Waals surface area (Å²) in [7, 11) is 0. The molecular weight excluding hydrogens is 460 g/mol.